The van der Waals surface area contributed by atoms with E-state index in [9.17, 15) is 9.59 Å². The van der Waals surface area contributed by atoms with E-state index in [0.717, 1.165) is 16.7 Å². The molecule has 0 bridgehead atoms. The lowest BCUT2D eigenvalue weighted by atomic mass is 10.0. The van der Waals surface area contributed by atoms with E-state index < -0.39 is 18.1 Å². The summed E-state index contributed by atoms with van der Waals surface area (Å²) in [5, 5.41) is 2.70. The molecule has 0 aliphatic heterocycles. The minimum absolute atomic E-state index is 0.233. The fourth-order valence-electron chi connectivity index (χ4n) is 2.23. The van der Waals surface area contributed by atoms with Crippen molar-refractivity contribution in [1.29, 1.82) is 0 Å². The van der Waals surface area contributed by atoms with Crippen molar-refractivity contribution < 1.29 is 19.1 Å². The summed E-state index contributed by atoms with van der Waals surface area (Å²) in [7, 11) is 1.31. The number of rotatable bonds is 7. The molecule has 2 aromatic carbocycles. The number of hydrogen-bond donors (Lipinski definition) is 2. The maximum Gasteiger partial charge on any atom is 0.407 e. The second-order valence-electron chi connectivity index (χ2n) is 5.57. The Hall–Kier alpha value is -2.86. The Morgan fingerprint density at radius 3 is 2.28 bits per heavy atom. The van der Waals surface area contributed by atoms with E-state index in [1.54, 1.807) is 0 Å². The van der Waals surface area contributed by atoms with E-state index in [1.807, 2.05) is 54.6 Å². The maximum absolute atomic E-state index is 11.7. The van der Waals surface area contributed by atoms with E-state index in [0.29, 0.717) is 13.0 Å². The third-order valence-corrected chi connectivity index (χ3v) is 3.63. The van der Waals surface area contributed by atoms with Gasteiger partial charge in [0.25, 0.3) is 0 Å². The molecule has 2 rings (SSSR count). The quantitative estimate of drug-likeness (QED) is 0.753. The summed E-state index contributed by atoms with van der Waals surface area (Å²) in [6.07, 6.45) is -0.0693. The molecule has 25 heavy (non-hydrogen) atoms. The molecule has 1 unspecified atom stereocenters. The summed E-state index contributed by atoms with van der Waals surface area (Å²) in [6.45, 7) is 0.591. The smallest absolute Gasteiger partial charge is 0.407 e. The van der Waals surface area contributed by atoms with Crippen molar-refractivity contribution in [3.63, 3.8) is 0 Å². The van der Waals surface area contributed by atoms with Gasteiger partial charge in [0.05, 0.1) is 7.11 Å². The molecule has 0 spiro atoms. The van der Waals surface area contributed by atoms with Crippen LogP contribution in [0.25, 0.3) is 0 Å². The average molecular weight is 342 g/mol. The van der Waals surface area contributed by atoms with Crippen LogP contribution in [0.2, 0.25) is 0 Å². The average Bonchev–Trinajstić information content (AvgIpc) is 2.65. The van der Waals surface area contributed by atoms with E-state index in [1.165, 1.54) is 7.11 Å². The minimum Gasteiger partial charge on any atom is -0.468 e. The molecule has 6 heteroatoms. The molecular weight excluding hydrogens is 320 g/mol. The molecule has 3 N–H and O–H groups in total. The van der Waals surface area contributed by atoms with E-state index in [2.05, 4.69) is 10.1 Å². The second kappa shape index (κ2) is 9.44. The van der Waals surface area contributed by atoms with Gasteiger partial charge in [-0.05, 0) is 23.1 Å². The van der Waals surface area contributed by atoms with Gasteiger partial charge in [-0.2, -0.15) is 0 Å². The van der Waals surface area contributed by atoms with Crippen molar-refractivity contribution in [2.75, 3.05) is 7.11 Å². The van der Waals surface area contributed by atoms with Crippen LogP contribution in [0.1, 0.15) is 16.7 Å². The van der Waals surface area contributed by atoms with Gasteiger partial charge in [-0.1, -0.05) is 54.6 Å². The van der Waals surface area contributed by atoms with Crippen molar-refractivity contribution in [3.05, 3.63) is 71.3 Å². The molecule has 0 saturated carbocycles. The number of carbonyl (C=O) groups excluding carboxylic acids is 2. The lowest BCUT2D eigenvalue weighted by Gasteiger charge is -2.10. The predicted octanol–water partition coefficient (Wildman–Crippen LogP) is 2.16. The third kappa shape index (κ3) is 6.27. The Kier molecular flexibility index (Phi) is 6.98. The minimum atomic E-state index is -0.679. The number of alkyl carbamates (subject to hydrolysis) is 1. The highest BCUT2D eigenvalue weighted by molar-refractivity contribution is 5.75. The Labute approximate surface area is 146 Å². The highest BCUT2D eigenvalue weighted by atomic mass is 16.5. The lowest BCUT2D eigenvalue weighted by molar-refractivity contribution is -0.142. The van der Waals surface area contributed by atoms with Gasteiger partial charge >= 0.3 is 12.1 Å². The van der Waals surface area contributed by atoms with Crippen LogP contribution in [0.15, 0.2) is 54.6 Å². The molecule has 0 heterocycles. The van der Waals surface area contributed by atoms with Crippen LogP contribution in [0.5, 0.6) is 0 Å². The second-order valence-corrected chi connectivity index (χ2v) is 5.57. The van der Waals surface area contributed by atoms with E-state index in [-0.39, 0.29) is 6.61 Å². The van der Waals surface area contributed by atoms with Crippen molar-refractivity contribution >= 4 is 12.1 Å². The number of hydrogen-bond acceptors (Lipinski definition) is 5. The molecule has 2 aromatic rings. The van der Waals surface area contributed by atoms with Gasteiger partial charge in [0.2, 0.25) is 0 Å². The Morgan fingerprint density at radius 2 is 1.64 bits per heavy atom. The number of carbonyl (C=O) groups is 2. The Morgan fingerprint density at radius 1 is 1.00 bits per heavy atom. The van der Waals surface area contributed by atoms with E-state index in [4.69, 9.17) is 10.5 Å². The first kappa shape index (κ1) is 18.5. The fourth-order valence-corrected chi connectivity index (χ4v) is 2.23. The van der Waals surface area contributed by atoms with Crippen LogP contribution in [-0.2, 0) is 33.8 Å². The highest BCUT2D eigenvalue weighted by Gasteiger charge is 2.14. The molecule has 0 aliphatic carbocycles. The zero-order valence-corrected chi connectivity index (χ0v) is 14.1. The lowest BCUT2D eigenvalue weighted by Crippen LogP contribution is -2.33. The standard InChI is InChI=1S/C19H22N2O4/c1-24-18(22)17(20)11-14-7-9-15(10-8-14)12-21-19(23)25-13-16-5-3-2-4-6-16/h2-10,17H,11-13,20H2,1H3,(H,21,23). The van der Waals surface area contributed by atoms with E-state index >= 15 is 0 Å². The van der Waals surface area contributed by atoms with Crippen LogP contribution in [0.3, 0.4) is 0 Å². The van der Waals surface area contributed by atoms with Gasteiger partial charge in [0, 0.05) is 6.54 Å². The molecule has 0 fully saturated rings. The van der Waals surface area contributed by atoms with Crippen molar-refractivity contribution in [3.8, 4) is 0 Å². The molecule has 6 nitrogen and oxygen atoms in total. The van der Waals surface area contributed by atoms with Gasteiger partial charge < -0.3 is 20.5 Å². The topological polar surface area (TPSA) is 90.6 Å². The number of nitrogens with two attached hydrogens (primary N) is 1. The number of esters is 1. The zero-order valence-electron chi connectivity index (χ0n) is 14.1. The number of ether oxygens (including phenoxy) is 2. The number of amides is 1. The number of nitrogens with one attached hydrogen (secondary N) is 1. The van der Waals surface area contributed by atoms with Crippen molar-refractivity contribution in [1.82, 2.24) is 5.32 Å². The normalized spacial score (nSPS) is 11.4. The van der Waals surface area contributed by atoms with Crippen molar-refractivity contribution in [2.45, 2.75) is 25.6 Å². The van der Waals surface area contributed by atoms with Gasteiger partial charge in [-0.15, -0.1) is 0 Å². The van der Waals surface area contributed by atoms with Gasteiger partial charge in [-0.25, -0.2) is 4.79 Å². The first-order valence-corrected chi connectivity index (χ1v) is 7.94. The summed E-state index contributed by atoms with van der Waals surface area (Å²) in [6, 6.07) is 16.3. The summed E-state index contributed by atoms with van der Waals surface area (Å²) in [5.74, 6) is -0.438. The first-order valence-electron chi connectivity index (χ1n) is 7.94. The molecule has 1 amide bonds. The SMILES string of the molecule is COC(=O)C(N)Cc1ccc(CNC(=O)OCc2ccccc2)cc1. The maximum atomic E-state index is 11.7. The Bertz CT molecular complexity index is 686. The third-order valence-electron chi connectivity index (χ3n) is 3.63. The van der Waals surface area contributed by atoms with Gasteiger partial charge in [-0.3, -0.25) is 4.79 Å². The molecule has 0 aliphatic rings. The van der Waals surface area contributed by atoms with Crippen LogP contribution in [0.4, 0.5) is 4.79 Å². The predicted molar refractivity (Wildman–Crippen MR) is 93.6 cm³/mol. The molecular formula is C19H22N2O4. The van der Waals surface area contributed by atoms with Crippen molar-refractivity contribution in [2.24, 2.45) is 5.73 Å². The molecule has 1 atom stereocenters. The first-order chi connectivity index (χ1) is 12.1. The summed E-state index contributed by atoms with van der Waals surface area (Å²) in [4.78, 5) is 23.0. The summed E-state index contributed by atoms with van der Waals surface area (Å²) >= 11 is 0. The van der Waals surface area contributed by atoms with Crippen LogP contribution in [0, 0.1) is 0 Å². The monoisotopic (exact) mass is 342 g/mol. The fraction of sp³-hybridized carbons (Fsp3) is 0.263. The molecule has 0 radical (unpaired) electrons. The summed E-state index contributed by atoms with van der Waals surface area (Å²) in [5.41, 5.74) is 8.51. The highest BCUT2D eigenvalue weighted by Crippen LogP contribution is 2.07. The molecule has 0 saturated heterocycles. The number of benzene rings is 2. The largest absolute Gasteiger partial charge is 0.468 e. The van der Waals surface area contributed by atoms with Gasteiger partial charge in [0.1, 0.15) is 12.6 Å². The summed E-state index contributed by atoms with van der Waals surface area (Å²) < 4.78 is 9.75. The molecule has 132 valence electrons. The number of methoxy groups -OCH3 is 1. The van der Waals surface area contributed by atoms with Crippen LogP contribution < -0.4 is 11.1 Å². The van der Waals surface area contributed by atoms with Crippen LogP contribution in [-0.4, -0.2) is 25.2 Å². The van der Waals surface area contributed by atoms with Gasteiger partial charge in [0.15, 0.2) is 0 Å². The van der Waals surface area contributed by atoms with Crippen LogP contribution >= 0.6 is 0 Å². The molecule has 0 aromatic heterocycles. The zero-order chi connectivity index (χ0) is 18.1. The Balaban J connectivity index is 1.75.